The molecule has 7 rings (SSSR count). The highest BCUT2D eigenvalue weighted by molar-refractivity contribution is 7.15. The Morgan fingerprint density at radius 2 is 1.30 bits per heavy atom. The number of aromatic amines is 1. The fourth-order valence-electron chi connectivity index (χ4n) is 6.61. The van der Waals surface area contributed by atoms with Crippen LogP contribution < -0.4 is 31.9 Å². The lowest BCUT2D eigenvalue weighted by molar-refractivity contribution is -0.119. The first kappa shape index (κ1) is 47.6. The average Bonchev–Trinajstić information content (AvgIpc) is 4.15. The lowest BCUT2D eigenvalue weighted by atomic mass is 9.98. The van der Waals surface area contributed by atoms with Crippen LogP contribution in [0.1, 0.15) is 77.3 Å². The maximum absolute atomic E-state index is 13.7. The minimum absolute atomic E-state index is 0.0653. The fraction of sp³-hybridized carbons (Fsp3) is 0.267. The highest BCUT2D eigenvalue weighted by Crippen LogP contribution is 2.31. The Hall–Kier alpha value is -6.39. The first-order valence-corrected chi connectivity index (χ1v) is 25.1. The molecule has 16 nitrogen and oxygen atoms in total. The summed E-state index contributed by atoms with van der Waals surface area (Å²) in [6.45, 7) is 13.3. The quantitative estimate of drug-likeness (QED) is 0.0383. The van der Waals surface area contributed by atoms with Gasteiger partial charge in [0.2, 0.25) is 11.8 Å². The minimum Gasteiger partial charge on any atom is -0.351 e. The minimum atomic E-state index is -1.03. The second-order valence-electron chi connectivity index (χ2n) is 15.8. The zero-order valence-electron chi connectivity index (χ0n) is 36.3. The largest absolute Gasteiger partial charge is 0.351 e. The molecule has 4 atom stereocenters. The molecule has 66 heavy (non-hydrogen) atoms. The number of fused-ring (bicyclic) bond motifs is 1. The van der Waals surface area contributed by atoms with Gasteiger partial charge in [-0.2, -0.15) is 0 Å². The van der Waals surface area contributed by atoms with Crippen molar-refractivity contribution in [1.82, 2.24) is 35.9 Å². The number of hydrogen-bond donors (Lipinski definition) is 7. The summed E-state index contributed by atoms with van der Waals surface area (Å²) >= 11 is 6.11. The zero-order valence-corrected chi connectivity index (χ0v) is 40.4. The van der Waals surface area contributed by atoms with Gasteiger partial charge in [-0.3, -0.25) is 34.1 Å². The van der Waals surface area contributed by atoms with E-state index in [0.29, 0.717) is 71.8 Å². The molecule has 1 unspecified atom stereocenters. The highest BCUT2D eigenvalue weighted by atomic mass is 32.1. The van der Waals surface area contributed by atoms with E-state index < -0.39 is 47.7 Å². The maximum atomic E-state index is 13.7. The number of thiazole rings is 3. The Morgan fingerprint density at radius 3 is 1.88 bits per heavy atom. The van der Waals surface area contributed by atoms with Crippen molar-refractivity contribution >= 4 is 118 Å². The number of hydrogen-bond acceptors (Lipinski definition) is 14. The van der Waals surface area contributed by atoms with Crippen LogP contribution in [-0.2, 0) is 14.4 Å². The average molecular weight is 983 g/mol. The van der Waals surface area contributed by atoms with Crippen LogP contribution in [0, 0.1) is 11.8 Å². The molecular formula is C45H46N10O6S5. The number of benzene rings is 1. The molecule has 6 aromatic heterocycles. The van der Waals surface area contributed by atoms with Gasteiger partial charge in [-0.25, -0.2) is 15.0 Å². The van der Waals surface area contributed by atoms with E-state index in [4.69, 9.17) is 0 Å². The van der Waals surface area contributed by atoms with E-state index in [2.05, 4.69) is 58.4 Å². The van der Waals surface area contributed by atoms with Gasteiger partial charge in [-0.1, -0.05) is 58.9 Å². The van der Waals surface area contributed by atoms with E-state index in [-0.39, 0.29) is 17.7 Å². The number of nitrogens with zero attached hydrogens (tertiary/aromatic N) is 3. The summed E-state index contributed by atoms with van der Waals surface area (Å²) < 4.78 is 0. The third-order valence-electron chi connectivity index (χ3n) is 10.3. The topological polar surface area (TPSA) is 229 Å². The molecule has 7 aromatic rings. The number of carbonyl (C=O) groups is 6. The molecule has 342 valence electrons. The molecule has 0 saturated heterocycles. The van der Waals surface area contributed by atoms with Crippen molar-refractivity contribution in [1.29, 1.82) is 0 Å². The molecule has 0 radical (unpaired) electrons. The van der Waals surface area contributed by atoms with Crippen LogP contribution in [0.2, 0.25) is 0 Å². The number of carbonyl (C=O) groups excluding carboxylic acids is 6. The van der Waals surface area contributed by atoms with E-state index in [9.17, 15) is 28.8 Å². The smallest absolute Gasteiger partial charge is 0.268 e. The summed E-state index contributed by atoms with van der Waals surface area (Å²) in [7, 11) is 0. The highest BCUT2D eigenvalue weighted by Gasteiger charge is 2.29. The van der Waals surface area contributed by atoms with E-state index in [0.717, 1.165) is 10.9 Å². The molecule has 6 amide bonds. The first-order valence-electron chi connectivity index (χ1n) is 20.7. The van der Waals surface area contributed by atoms with Crippen molar-refractivity contribution in [3.05, 3.63) is 103 Å². The number of aromatic nitrogens is 4. The first-order chi connectivity index (χ1) is 31.6. The molecule has 7 N–H and O–H groups in total. The van der Waals surface area contributed by atoms with E-state index in [1.807, 2.05) is 52.0 Å². The van der Waals surface area contributed by atoms with Crippen LogP contribution in [0.15, 0.2) is 87.7 Å². The molecule has 1 aromatic carbocycles. The predicted molar refractivity (Wildman–Crippen MR) is 265 cm³/mol. The molecule has 0 aliphatic rings. The van der Waals surface area contributed by atoms with Gasteiger partial charge in [0.25, 0.3) is 23.6 Å². The van der Waals surface area contributed by atoms with Crippen LogP contribution in [0.3, 0.4) is 0 Å². The number of amides is 6. The molecule has 0 aliphatic carbocycles. The number of H-pyrrole nitrogens is 1. The molecule has 21 heteroatoms. The summed E-state index contributed by atoms with van der Waals surface area (Å²) in [5.74, 6) is -2.64. The van der Waals surface area contributed by atoms with Crippen LogP contribution >= 0.6 is 56.7 Å². The van der Waals surface area contributed by atoms with Crippen molar-refractivity contribution in [2.24, 2.45) is 11.8 Å². The van der Waals surface area contributed by atoms with Crippen LogP contribution in [-0.4, -0.2) is 73.5 Å². The van der Waals surface area contributed by atoms with Crippen molar-refractivity contribution in [2.75, 3.05) is 16.0 Å². The van der Waals surface area contributed by atoms with Crippen LogP contribution in [0.25, 0.3) is 33.4 Å². The molecule has 0 fully saturated rings. The monoisotopic (exact) mass is 982 g/mol. The Balaban J connectivity index is 0.939. The number of thiophene rings is 2. The van der Waals surface area contributed by atoms with Gasteiger partial charge in [0.1, 0.15) is 23.8 Å². The summed E-state index contributed by atoms with van der Waals surface area (Å²) in [5.41, 5.74) is 3.94. The lowest BCUT2D eigenvalue weighted by Crippen LogP contribution is -2.47. The molecule has 0 saturated carbocycles. The van der Waals surface area contributed by atoms with Crippen LogP contribution in [0.4, 0.5) is 15.4 Å². The van der Waals surface area contributed by atoms with Crippen LogP contribution in [0.5, 0.6) is 0 Å². The molecular weight excluding hydrogens is 937 g/mol. The Bertz CT molecular complexity index is 2860. The number of anilines is 3. The van der Waals surface area contributed by atoms with E-state index in [1.54, 1.807) is 58.2 Å². The van der Waals surface area contributed by atoms with Crippen molar-refractivity contribution in [3.63, 3.8) is 0 Å². The summed E-state index contributed by atoms with van der Waals surface area (Å²) in [4.78, 5) is 97.1. The zero-order chi connectivity index (χ0) is 47.1. The number of para-hydroxylation sites is 1. The van der Waals surface area contributed by atoms with Crippen molar-refractivity contribution in [3.8, 4) is 22.5 Å². The molecule has 0 bridgehead atoms. The van der Waals surface area contributed by atoms with E-state index in [1.165, 1.54) is 56.7 Å². The van der Waals surface area contributed by atoms with Crippen molar-refractivity contribution < 1.29 is 28.8 Å². The predicted octanol–water partition coefficient (Wildman–Crippen LogP) is 8.87. The van der Waals surface area contributed by atoms with Crippen molar-refractivity contribution in [2.45, 2.75) is 65.6 Å². The van der Waals surface area contributed by atoms with E-state index >= 15 is 0 Å². The van der Waals surface area contributed by atoms with Gasteiger partial charge in [0.05, 0.1) is 21.1 Å². The second-order valence-corrected chi connectivity index (χ2v) is 20.2. The molecule has 0 aliphatic heterocycles. The Kier molecular flexibility index (Phi) is 15.3. The SMILES string of the molecule is C=C(C)[C@H](NC(=O)c1cc2ccccc2[nH]1)C(=O)Nc1nc(-c2csc(C(=O)N[C@@H](CC(C)C)C(=O)Nc3nc(-c4csc(C(=O)N[C@H](C(=O)Nc5nccs5)C(C)CC)c4)cs3)c2)cs1. The van der Waals surface area contributed by atoms with Gasteiger partial charge in [-0.05, 0) is 55.0 Å². The van der Waals surface area contributed by atoms with Gasteiger partial charge in [0.15, 0.2) is 15.4 Å². The summed E-state index contributed by atoms with van der Waals surface area (Å²) in [5, 5.41) is 27.7. The number of nitrogens with one attached hydrogen (secondary N) is 7. The third kappa shape index (κ3) is 11.7. The normalized spacial score (nSPS) is 13.1. The number of rotatable bonds is 19. The van der Waals surface area contributed by atoms with Gasteiger partial charge in [0, 0.05) is 55.1 Å². The standard InChI is InChI=1S/C45H46N10O6S5/c1-7-24(6)36(42(61)54-43-46-12-13-62-43)52-40(59)34-17-27(19-64-34)31-20-65-44(49-31)53-38(57)29(14-22(2)3)48-39(58)33-16-26(18-63-33)32-21-66-45(50-32)55-41(60)35(23(4)5)51-37(56)30-15-25-10-8-9-11-28(25)47-30/h8-13,15-22,24,29,35-36,47H,4,7,14H2,1-3,5-6H3,(H,48,58)(H,51,56)(H,52,59)(H,46,54,61)(H,49,53,57)(H,50,55,60)/t24?,29-,35-,36-/m0/s1. The maximum Gasteiger partial charge on any atom is 0.268 e. The summed E-state index contributed by atoms with van der Waals surface area (Å²) in [6.07, 6.45) is 2.63. The summed E-state index contributed by atoms with van der Waals surface area (Å²) in [6, 6.07) is 9.89. The fourth-order valence-corrected chi connectivity index (χ4v) is 10.2. The molecule has 6 heterocycles. The van der Waals surface area contributed by atoms with Gasteiger partial charge >= 0.3 is 0 Å². The Labute approximate surface area is 399 Å². The Morgan fingerprint density at radius 1 is 0.697 bits per heavy atom. The molecule has 0 spiro atoms. The third-order valence-corrected chi connectivity index (χ3v) is 14.3. The van der Waals surface area contributed by atoms with Gasteiger partial charge < -0.3 is 31.6 Å². The lowest BCUT2D eigenvalue weighted by Gasteiger charge is -2.22. The van der Waals surface area contributed by atoms with Gasteiger partial charge in [-0.15, -0.1) is 56.7 Å². The second kappa shape index (κ2) is 21.3.